The molecule has 0 heterocycles. The van der Waals surface area contributed by atoms with Crippen LogP contribution in [0.1, 0.15) is 6.42 Å². The minimum atomic E-state index is -0.992. The molecule has 72 valence electrons. The smallest absolute Gasteiger partial charge is 0.329 e. The third-order valence-corrected chi connectivity index (χ3v) is 1.38. The van der Waals surface area contributed by atoms with E-state index in [0.29, 0.717) is 11.5 Å². The Hall–Kier alpha value is -0.250. The van der Waals surface area contributed by atoms with Gasteiger partial charge < -0.3 is 10.0 Å². The molecule has 0 aliphatic rings. The molecule has 0 aromatic rings. The average Bonchev–Trinajstić information content (AvgIpc) is 1.82. The molecular formula is C7H13Cl2NO2. The molecule has 0 amide bonds. The van der Waals surface area contributed by atoms with Crippen LogP contribution in [0.5, 0.6) is 0 Å². The molecule has 0 saturated carbocycles. The van der Waals surface area contributed by atoms with E-state index in [1.54, 1.807) is 0 Å². The van der Waals surface area contributed by atoms with Gasteiger partial charge in [-0.1, -0.05) is 11.6 Å². The monoisotopic (exact) mass is 213 g/mol. The maximum atomic E-state index is 10.1. The molecule has 0 aromatic heterocycles. The van der Waals surface area contributed by atoms with Gasteiger partial charge in [0.25, 0.3) is 0 Å². The second-order valence-corrected chi connectivity index (χ2v) is 2.97. The second-order valence-electron chi connectivity index (χ2n) is 2.48. The zero-order valence-electron chi connectivity index (χ0n) is 7.08. The van der Waals surface area contributed by atoms with Crippen molar-refractivity contribution in [3.63, 3.8) is 0 Å². The lowest BCUT2D eigenvalue weighted by Crippen LogP contribution is -2.12. The van der Waals surface area contributed by atoms with Gasteiger partial charge in [0.05, 0.1) is 0 Å². The van der Waals surface area contributed by atoms with E-state index in [-0.39, 0.29) is 12.4 Å². The Balaban J connectivity index is 0. The summed E-state index contributed by atoms with van der Waals surface area (Å²) >= 11 is 5.57. The number of rotatable bonds is 4. The van der Waals surface area contributed by atoms with Crippen molar-refractivity contribution in [3.8, 4) is 0 Å². The Morgan fingerprint density at radius 3 is 2.42 bits per heavy atom. The van der Waals surface area contributed by atoms with E-state index in [1.165, 1.54) is 0 Å². The Labute approximate surface area is 83.4 Å². The van der Waals surface area contributed by atoms with Gasteiger partial charge in [0, 0.05) is 17.7 Å². The van der Waals surface area contributed by atoms with Crippen LogP contribution in [0.15, 0.2) is 11.1 Å². The molecule has 0 atom stereocenters. The van der Waals surface area contributed by atoms with Gasteiger partial charge in [0.1, 0.15) is 0 Å². The Kier molecular flexibility index (Phi) is 8.81. The lowest BCUT2D eigenvalue weighted by molar-refractivity contribution is -0.131. The van der Waals surface area contributed by atoms with Gasteiger partial charge in [0.15, 0.2) is 0 Å². The van der Waals surface area contributed by atoms with E-state index in [1.807, 2.05) is 19.0 Å². The maximum Gasteiger partial charge on any atom is 0.329 e. The molecule has 5 heteroatoms. The molecule has 0 bridgehead atoms. The molecule has 0 saturated heterocycles. The molecule has 0 rings (SSSR count). The lowest BCUT2D eigenvalue weighted by Gasteiger charge is -2.07. The number of carbonyl (C=O) groups is 1. The van der Waals surface area contributed by atoms with Crippen molar-refractivity contribution in [1.82, 2.24) is 4.90 Å². The van der Waals surface area contributed by atoms with Gasteiger partial charge in [-0.25, -0.2) is 4.79 Å². The fourth-order valence-corrected chi connectivity index (χ4v) is 0.714. The summed E-state index contributed by atoms with van der Waals surface area (Å²) in [5.74, 6) is -0.992. The van der Waals surface area contributed by atoms with E-state index in [0.717, 1.165) is 12.6 Å². The molecule has 0 fully saturated rings. The number of carboxylic acid groups (broad SMARTS) is 1. The van der Waals surface area contributed by atoms with Crippen LogP contribution >= 0.6 is 24.0 Å². The molecule has 1 N–H and O–H groups in total. The van der Waals surface area contributed by atoms with E-state index in [2.05, 4.69) is 0 Å². The summed E-state index contributed by atoms with van der Waals surface area (Å²) in [7, 11) is 3.82. The number of nitrogens with zero attached hydrogens (tertiary/aromatic N) is 1. The molecular weight excluding hydrogens is 201 g/mol. The second kappa shape index (κ2) is 7.40. The van der Waals surface area contributed by atoms with E-state index >= 15 is 0 Å². The Morgan fingerprint density at radius 1 is 1.58 bits per heavy atom. The van der Waals surface area contributed by atoms with Crippen molar-refractivity contribution >= 4 is 30.0 Å². The number of hydrogen-bond acceptors (Lipinski definition) is 2. The molecule has 0 aromatic carbocycles. The normalized spacial score (nSPS) is 11.2. The van der Waals surface area contributed by atoms with Crippen molar-refractivity contribution in [2.45, 2.75) is 6.42 Å². The van der Waals surface area contributed by atoms with Crippen LogP contribution in [0.3, 0.4) is 0 Å². The van der Waals surface area contributed by atoms with Crippen molar-refractivity contribution in [3.05, 3.63) is 11.1 Å². The molecule has 3 nitrogen and oxygen atoms in total. The maximum absolute atomic E-state index is 10.1. The number of hydrogen-bond donors (Lipinski definition) is 1. The lowest BCUT2D eigenvalue weighted by atomic mass is 10.3. The zero-order valence-corrected chi connectivity index (χ0v) is 8.65. The summed E-state index contributed by atoms with van der Waals surface area (Å²) in [6.07, 6.45) is 1.60. The predicted octanol–water partition coefficient (Wildman–Crippen LogP) is 1.57. The predicted molar refractivity (Wildman–Crippen MR) is 52.0 cm³/mol. The Bertz CT molecular complexity index is 169. The summed E-state index contributed by atoms with van der Waals surface area (Å²) < 4.78 is 0. The first-order chi connectivity index (χ1) is 5.02. The first-order valence-electron chi connectivity index (χ1n) is 3.26. The van der Waals surface area contributed by atoms with Crippen molar-refractivity contribution in [1.29, 1.82) is 0 Å². The largest absolute Gasteiger partial charge is 0.478 e. The summed E-state index contributed by atoms with van der Waals surface area (Å²) in [6, 6.07) is 0. The minimum absolute atomic E-state index is 0. The topological polar surface area (TPSA) is 40.5 Å². The minimum Gasteiger partial charge on any atom is -0.478 e. The highest BCUT2D eigenvalue weighted by Crippen LogP contribution is 2.06. The van der Waals surface area contributed by atoms with Crippen molar-refractivity contribution in [2.24, 2.45) is 0 Å². The highest BCUT2D eigenvalue weighted by atomic mass is 35.5. The van der Waals surface area contributed by atoms with E-state index < -0.39 is 5.97 Å². The molecule has 0 unspecified atom stereocenters. The summed E-state index contributed by atoms with van der Waals surface area (Å²) in [4.78, 5) is 12.0. The molecule has 0 aliphatic carbocycles. The van der Waals surface area contributed by atoms with Gasteiger partial charge in [-0.15, -0.1) is 12.4 Å². The quantitative estimate of drug-likeness (QED) is 0.722. The molecule has 12 heavy (non-hydrogen) atoms. The number of halogens is 2. The molecule has 0 aliphatic heterocycles. The first-order valence-corrected chi connectivity index (χ1v) is 3.64. The SMILES string of the molecule is CN(C)CC/C(Cl)=C/C(=O)O.Cl. The van der Waals surface area contributed by atoms with Gasteiger partial charge in [-0.2, -0.15) is 0 Å². The highest BCUT2D eigenvalue weighted by molar-refractivity contribution is 6.30. The summed E-state index contributed by atoms with van der Waals surface area (Å²) in [6.45, 7) is 0.766. The number of carboxylic acids is 1. The van der Waals surface area contributed by atoms with Crippen LogP contribution in [0.4, 0.5) is 0 Å². The average molecular weight is 214 g/mol. The summed E-state index contributed by atoms with van der Waals surface area (Å²) in [5.41, 5.74) is 0. The third-order valence-electron chi connectivity index (χ3n) is 1.08. The van der Waals surface area contributed by atoms with Crippen LogP contribution in [0, 0.1) is 0 Å². The fraction of sp³-hybridized carbons (Fsp3) is 0.571. The van der Waals surface area contributed by atoms with Crippen LogP contribution in [-0.4, -0.2) is 36.6 Å². The van der Waals surface area contributed by atoms with Gasteiger partial charge in [-0.3, -0.25) is 0 Å². The highest BCUT2D eigenvalue weighted by Gasteiger charge is 1.97. The van der Waals surface area contributed by atoms with E-state index in [9.17, 15) is 4.79 Å². The van der Waals surface area contributed by atoms with Gasteiger partial charge in [-0.05, 0) is 20.5 Å². The zero-order chi connectivity index (χ0) is 8.85. The summed E-state index contributed by atoms with van der Waals surface area (Å²) in [5, 5.41) is 8.66. The van der Waals surface area contributed by atoms with Crippen LogP contribution in [-0.2, 0) is 4.79 Å². The van der Waals surface area contributed by atoms with Crippen LogP contribution in [0.2, 0.25) is 0 Å². The Morgan fingerprint density at radius 2 is 2.08 bits per heavy atom. The number of aliphatic carboxylic acids is 1. The van der Waals surface area contributed by atoms with Crippen molar-refractivity contribution < 1.29 is 9.90 Å². The van der Waals surface area contributed by atoms with Gasteiger partial charge >= 0.3 is 5.97 Å². The molecule has 0 radical (unpaired) electrons. The molecule has 0 spiro atoms. The van der Waals surface area contributed by atoms with Crippen LogP contribution in [0.25, 0.3) is 0 Å². The first kappa shape index (κ1) is 14.3. The van der Waals surface area contributed by atoms with Gasteiger partial charge in [0.2, 0.25) is 0 Å². The third kappa shape index (κ3) is 9.75. The standard InChI is InChI=1S/C7H12ClNO2.ClH/c1-9(2)4-3-6(8)5-7(10)11;/h5H,3-4H2,1-2H3,(H,10,11);1H/b6-5-;. The van der Waals surface area contributed by atoms with E-state index in [4.69, 9.17) is 16.7 Å². The van der Waals surface area contributed by atoms with Crippen LogP contribution < -0.4 is 0 Å². The van der Waals surface area contributed by atoms with Crippen molar-refractivity contribution in [2.75, 3.05) is 20.6 Å². The fourth-order valence-electron chi connectivity index (χ4n) is 0.537.